The van der Waals surface area contributed by atoms with Gasteiger partial charge in [0.1, 0.15) is 5.82 Å². The highest BCUT2D eigenvalue weighted by atomic mass is 32.2. The first kappa shape index (κ1) is 15.6. The van der Waals surface area contributed by atoms with Gasteiger partial charge in [-0.2, -0.15) is 0 Å². The molecular weight excluding hydrogens is 285 g/mol. The quantitative estimate of drug-likeness (QED) is 0.768. The number of hydrogen-bond acceptors (Lipinski definition) is 2. The van der Waals surface area contributed by atoms with E-state index in [2.05, 4.69) is 0 Å². The summed E-state index contributed by atoms with van der Waals surface area (Å²) in [4.78, 5) is 15.1. The van der Waals surface area contributed by atoms with Crippen LogP contribution in [0.3, 0.4) is 0 Å². The van der Waals surface area contributed by atoms with Crippen molar-refractivity contribution in [2.75, 3.05) is 17.2 Å². The number of nitrogens with zero attached hydrogens (tertiary/aromatic N) is 1. The van der Waals surface area contributed by atoms with Gasteiger partial charge in [0, 0.05) is 17.1 Å². The molecule has 0 saturated heterocycles. The van der Waals surface area contributed by atoms with E-state index in [0.717, 1.165) is 10.6 Å². The van der Waals surface area contributed by atoms with Gasteiger partial charge in [0.05, 0.1) is 5.75 Å². The molecular formula is C17H18FNOS. The van der Waals surface area contributed by atoms with E-state index in [1.54, 1.807) is 17.0 Å². The van der Waals surface area contributed by atoms with Gasteiger partial charge in [-0.3, -0.25) is 4.79 Å². The van der Waals surface area contributed by atoms with E-state index >= 15 is 0 Å². The number of anilines is 1. The Kier molecular flexibility index (Phi) is 5.39. The van der Waals surface area contributed by atoms with Crippen LogP contribution >= 0.6 is 11.8 Å². The van der Waals surface area contributed by atoms with Crippen molar-refractivity contribution in [1.29, 1.82) is 0 Å². The zero-order valence-corrected chi connectivity index (χ0v) is 13.0. The number of rotatable bonds is 5. The van der Waals surface area contributed by atoms with Gasteiger partial charge in [0.15, 0.2) is 0 Å². The maximum absolute atomic E-state index is 13.0. The predicted molar refractivity (Wildman–Crippen MR) is 86.3 cm³/mol. The Morgan fingerprint density at radius 2 is 1.81 bits per heavy atom. The number of hydrogen-bond donors (Lipinski definition) is 0. The summed E-state index contributed by atoms with van der Waals surface area (Å²) >= 11 is 1.53. The van der Waals surface area contributed by atoms with Crippen LogP contribution in [-0.2, 0) is 4.79 Å². The van der Waals surface area contributed by atoms with Crippen molar-refractivity contribution < 1.29 is 9.18 Å². The first-order chi connectivity index (χ1) is 10.1. The van der Waals surface area contributed by atoms with E-state index < -0.39 is 0 Å². The van der Waals surface area contributed by atoms with E-state index in [-0.39, 0.29) is 11.7 Å². The smallest absolute Gasteiger partial charge is 0.237 e. The van der Waals surface area contributed by atoms with Crippen molar-refractivity contribution in [2.24, 2.45) is 0 Å². The number of carbonyl (C=O) groups is 1. The third kappa shape index (κ3) is 4.08. The fourth-order valence-corrected chi connectivity index (χ4v) is 2.97. The summed E-state index contributed by atoms with van der Waals surface area (Å²) < 4.78 is 13.0. The Morgan fingerprint density at radius 1 is 1.14 bits per heavy atom. The number of amides is 1. The zero-order valence-electron chi connectivity index (χ0n) is 12.2. The lowest BCUT2D eigenvalue weighted by atomic mass is 10.2. The minimum atomic E-state index is -0.295. The van der Waals surface area contributed by atoms with Gasteiger partial charge in [-0.05, 0) is 49.7 Å². The molecule has 0 radical (unpaired) electrons. The van der Waals surface area contributed by atoms with Crippen molar-refractivity contribution in [3.05, 3.63) is 59.9 Å². The minimum absolute atomic E-state index is 0.0253. The minimum Gasteiger partial charge on any atom is -0.312 e. The molecule has 0 fully saturated rings. The SMILES string of the molecule is CCN(C(=O)CSc1ccccc1C)c1ccc(F)cc1. The molecule has 0 saturated carbocycles. The van der Waals surface area contributed by atoms with Crippen LogP contribution in [0.15, 0.2) is 53.4 Å². The van der Waals surface area contributed by atoms with Gasteiger partial charge in [-0.1, -0.05) is 18.2 Å². The maximum Gasteiger partial charge on any atom is 0.237 e. The number of aryl methyl sites for hydroxylation is 1. The molecule has 2 nitrogen and oxygen atoms in total. The molecule has 0 aliphatic carbocycles. The zero-order chi connectivity index (χ0) is 15.2. The third-order valence-electron chi connectivity index (χ3n) is 3.20. The van der Waals surface area contributed by atoms with Crippen LogP contribution < -0.4 is 4.90 Å². The van der Waals surface area contributed by atoms with Crippen molar-refractivity contribution in [1.82, 2.24) is 0 Å². The van der Waals surface area contributed by atoms with Gasteiger partial charge in [-0.15, -0.1) is 11.8 Å². The largest absolute Gasteiger partial charge is 0.312 e. The molecule has 0 bridgehead atoms. The first-order valence-corrected chi connectivity index (χ1v) is 7.84. The molecule has 0 N–H and O–H groups in total. The molecule has 2 aromatic rings. The van der Waals surface area contributed by atoms with E-state index in [0.29, 0.717) is 12.3 Å². The highest BCUT2D eigenvalue weighted by molar-refractivity contribution is 8.00. The summed E-state index contributed by atoms with van der Waals surface area (Å²) in [6.07, 6.45) is 0. The summed E-state index contributed by atoms with van der Waals surface area (Å²) in [5.41, 5.74) is 1.90. The summed E-state index contributed by atoms with van der Waals surface area (Å²) in [7, 11) is 0. The fourth-order valence-electron chi connectivity index (χ4n) is 2.06. The Hall–Kier alpha value is -1.81. The second-order valence-electron chi connectivity index (χ2n) is 4.67. The molecule has 0 spiro atoms. The molecule has 2 rings (SSSR count). The van der Waals surface area contributed by atoms with Gasteiger partial charge in [0.25, 0.3) is 0 Å². The molecule has 0 aliphatic heterocycles. The molecule has 1 amide bonds. The average molecular weight is 303 g/mol. The standard InChI is InChI=1S/C17H18FNOS/c1-3-19(15-10-8-14(18)9-11-15)17(20)12-21-16-7-5-4-6-13(16)2/h4-11H,3,12H2,1-2H3. The monoisotopic (exact) mass is 303 g/mol. The van der Waals surface area contributed by atoms with Crippen LogP contribution in [0.5, 0.6) is 0 Å². The number of carbonyl (C=O) groups excluding carboxylic acids is 1. The molecule has 0 aliphatic rings. The lowest BCUT2D eigenvalue weighted by Gasteiger charge is -2.21. The van der Waals surface area contributed by atoms with E-state index in [1.807, 2.05) is 38.1 Å². The summed E-state index contributed by atoms with van der Waals surface area (Å²) in [6.45, 7) is 4.52. The Bertz CT molecular complexity index is 612. The van der Waals surface area contributed by atoms with Crippen molar-refractivity contribution >= 4 is 23.4 Å². The van der Waals surface area contributed by atoms with Crippen LogP contribution in [0.1, 0.15) is 12.5 Å². The number of benzene rings is 2. The van der Waals surface area contributed by atoms with E-state index in [4.69, 9.17) is 0 Å². The summed E-state index contributed by atoms with van der Waals surface area (Å²) in [5, 5.41) is 0. The van der Waals surface area contributed by atoms with Gasteiger partial charge in [-0.25, -0.2) is 4.39 Å². The Labute approximate surface area is 129 Å². The van der Waals surface area contributed by atoms with Gasteiger partial charge >= 0.3 is 0 Å². The normalized spacial score (nSPS) is 10.4. The highest BCUT2D eigenvalue weighted by Crippen LogP contribution is 2.23. The highest BCUT2D eigenvalue weighted by Gasteiger charge is 2.14. The van der Waals surface area contributed by atoms with Crippen molar-refractivity contribution in [3.63, 3.8) is 0 Å². The molecule has 110 valence electrons. The third-order valence-corrected chi connectivity index (χ3v) is 4.36. The fraction of sp³-hybridized carbons (Fsp3) is 0.235. The second kappa shape index (κ2) is 7.27. The van der Waals surface area contributed by atoms with E-state index in [9.17, 15) is 9.18 Å². The van der Waals surface area contributed by atoms with E-state index in [1.165, 1.54) is 29.5 Å². The number of thioether (sulfide) groups is 1. The van der Waals surface area contributed by atoms with Crippen molar-refractivity contribution in [3.8, 4) is 0 Å². The van der Waals surface area contributed by atoms with Crippen LogP contribution in [-0.4, -0.2) is 18.2 Å². The molecule has 0 atom stereocenters. The molecule has 0 aromatic heterocycles. The molecule has 4 heteroatoms. The summed E-state index contributed by atoms with van der Waals surface area (Å²) in [5.74, 6) is 0.102. The average Bonchev–Trinajstić information content (AvgIpc) is 2.49. The maximum atomic E-state index is 13.0. The molecule has 0 heterocycles. The number of halogens is 1. The Morgan fingerprint density at radius 3 is 2.43 bits per heavy atom. The second-order valence-corrected chi connectivity index (χ2v) is 5.69. The van der Waals surface area contributed by atoms with Crippen LogP contribution in [0.4, 0.5) is 10.1 Å². The van der Waals surface area contributed by atoms with Crippen molar-refractivity contribution in [2.45, 2.75) is 18.7 Å². The lowest BCUT2D eigenvalue weighted by molar-refractivity contribution is -0.116. The topological polar surface area (TPSA) is 20.3 Å². The van der Waals surface area contributed by atoms with Crippen LogP contribution in [0.2, 0.25) is 0 Å². The predicted octanol–water partition coefficient (Wildman–Crippen LogP) is 4.28. The molecule has 21 heavy (non-hydrogen) atoms. The molecule has 0 unspecified atom stereocenters. The molecule has 2 aromatic carbocycles. The lowest BCUT2D eigenvalue weighted by Crippen LogP contribution is -2.32. The van der Waals surface area contributed by atoms with Crippen LogP contribution in [0, 0.1) is 12.7 Å². The van der Waals surface area contributed by atoms with Crippen LogP contribution in [0.25, 0.3) is 0 Å². The Balaban J connectivity index is 2.04. The van der Waals surface area contributed by atoms with Gasteiger partial charge in [0.2, 0.25) is 5.91 Å². The first-order valence-electron chi connectivity index (χ1n) is 6.86. The van der Waals surface area contributed by atoms with Gasteiger partial charge < -0.3 is 4.90 Å². The summed E-state index contributed by atoms with van der Waals surface area (Å²) in [6, 6.07) is 14.0.